The van der Waals surface area contributed by atoms with Gasteiger partial charge in [-0.3, -0.25) is 4.79 Å². The smallest absolute Gasteiger partial charge is 0.306 e. The molecule has 0 amide bonds. The van der Waals surface area contributed by atoms with E-state index in [1.54, 1.807) is 0 Å². The van der Waals surface area contributed by atoms with E-state index in [0.29, 0.717) is 37.7 Å². The molecule has 0 radical (unpaired) electrons. The summed E-state index contributed by atoms with van der Waals surface area (Å²) in [4.78, 5) is 12.2. The molecule has 2 N–H and O–H groups in total. The first kappa shape index (κ1) is 22.1. The molecule has 0 heterocycles. The van der Waals surface area contributed by atoms with Crippen molar-refractivity contribution in [3.8, 4) is 0 Å². The van der Waals surface area contributed by atoms with E-state index < -0.39 is 30.1 Å². The van der Waals surface area contributed by atoms with E-state index in [1.165, 1.54) is 5.57 Å². The maximum atomic E-state index is 12.2. The maximum Gasteiger partial charge on any atom is 0.306 e. The number of aliphatic hydroxyl groups is 2. The highest BCUT2D eigenvalue weighted by Crippen LogP contribution is 2.59. The molecule has 0 aromatic rings. The fourth-order valence-electron chi connectivity index (χ4n) is 6.37. The highest BCUT2D eigenvalue weighted by molar-refractivity contribution is 5.69. The summed E-state index contributed by atoms with van der Waals surface area (Å²) in [6.07, 6.45) is 9.52. The van der Waals surface area contributed by atoms with E-state index in [4.69, 9.17) is 8.85 Å². The lowest BCUT2D eigenvalue weighted by Crippen LogP contribution is -2.36. The van der Waals surface area contributed by atoms with E-state index in [0.717, 1.165) is 37.7 Å². The van der Waals surface area contributed by atoms with E-state index in [1.807, 2.05) is 26.8 Å². The second kappa shape index (κ2) is 10.5. The van der Waals surface area contributed by atoms with Gasteiger partial charge in [0, 0.05) is 17.0 Å². The highest BCUT2D eigenvalue weighted by Gasteiger charge is 2.50. The molecule has 0 aromatic heterocycles. The lowest BCUT2D eigenvalue weighted by atomic mass is 9.60. The normalized spacial score (nSPS) is 37.9. The van der Waals surface area contributed by atoms with Crippen molar-refractivity contribution in [1.29, 1.82) is 0 Å². The van der Waals surface area contributed by atoms with Crippen LogP contribution in [0.5, 0.6) is 0 Å². The molecule has 6 atom stereocenters. The van der Waals surface area contributed by atoms with E-state index >= 15 is 0 Å². The zero-order chi connectivity index (χ0) is 26.9. The highest BCUT2D eigenvalue weighted by atomic mass is 16.6. The lowest BCUT2D eigenvalue weighted by molar-refractivity contribution is -0.155. The Bertz CT molecular complexity index is 882. The molecule has 4 heteroatoms. The summed E-state index contributed by atoms with van der Waals surface area (Å²) >= 11 is 0. The van der Waals surface area contributed by atoms with Gasteiger partial charge in [0.1, 0.15) is 5.60 Å². The summed E-state index contributed by atoms with van der Waals surface area (Å²) in [6.45, 7) is 9.70. The summed E-state index contributed by atoms with van der Waals surface area (Å²) in [6, 6.07) is 0. The van der Waals surface area contributed by atoms with Crippen LogP contribution in [0.25, 0.3) is 0 Å². The van der Waals surface area contributed by atoms with Crippen LogP contribution in [0.2, 0.25) is 0 Å². The monoisotopic (exact) mass is 461 g/mol. The van der Waals surface area contributed by atoms with Crippen LogP contribution in [0.15, 0.2) is 35.5 Å². The average molecular weight is 462 g/mol. The first-order chi connectivity index (χ1) is 16.7. The van der Waals surface area contributed by atoms with Crippen molar-refractivity contribution in [2.45, 2.75) is 117 Å². The Labute approximate surface area is 205 Å². The predicted molar refractivity (Wildman–Crippen MR) is 134 cm³/mol. The van der Waals surface area contributed by atoms with Crippen LogP contribution in [-0.4, -0.2) is 34.0 Å². The fourth-order valence-corrected chi connectivity index (χ4v) is 6.37. The summed E-state index contributed by atoms with van der Waals surface area (Å²) in [5.74, 6) is 0.0952. The van der Waals surface area contributed by atoms with Crippen molar-refractivity contribution in [2.75, 3.05) is 0 Å². The summed E-state index contributed by atoms with van der Waals surface area (Å²) in [7, 11) is 0. The first-order valence-corrected chi connectivity index (χ1v) is 12.8. The Morgan fingerprint density at radius 3 is 2.79 bits per heavy atom. The van der Waals surface area contributed by atoms with E-state index in [-0.39, 0.29) is 23.7 Å². The summed E-state index contributed by atoms with van der Waals surface area (Å²) in [5.41, 5.74) is 1.44. The van der Waals surface area contributed by atoms with Gasteiger partial charge in [-0.05, 0) is 106 Å². The molecule has 3 aliphatic carbocycles. The Hall–Kier alpha value is -1.39. The number of fused-ring (bicyclic) bond motifs is 1. The van der Waals surface area contributed by atoms with Gasteiger partial charge in [-0.1, -0.05) is 38.1 Å². The number of carbonyl (C=O) groups is 1. The quantitative estimate of drug-likeness (QED) is 0.457. The van der Waals surface area contributed by atoms with Crippen LogP contribution < -0.4 is 0 Å². The van der Waals surface area contributed by atoms with Crippen LogP contribution in [-0.2, 0) is 9.53 Å². The molecular weight excluding hydrogens is 412 g/mol. The molecule has 3 fully saturated rings. The Morgan fingerprint density at radius 2 is 2.09 bits per heavy atom. The Morgan fingerprint density at radius 1 is 1.33 bits per heavy atom. The molecule has 33 heavy (non-hydrogen) atoms. The van der Waals surface area contributed by atoms with Crippen molar-refractivity contribution >= 4 is 5.97 Å². The zero-order valence-corrected chi connectivity index (χ0v) is 21.0. The largest absolute Gasteiger partial charge is 0.460 e. The van der Waals surface area contributed by atoms with Gasteiger partial charge in [0.05, 0.1) is 12.2 Å². The molecular formula is C29H46O4. The third-order valence-corrected chi connectivity index (χ3v) is 7.96. The molecule has 0 saturated heterocycles. The average Bonchev–Trinajstić information content (AvgIpc) is 3.15. The fraction of sp³-hybridized carbons (Fsp3) is 0.759. The Kier molecular flexibility index (Phi) is 7.02. The molecule has 0 bridgehead atoms. The molecule has 3 rings (SSSR count). The Balaban J connectivity index is 1.78. The molecule has 0 aliphatic heterocycles. The van der Waals surface area contributed by atoms with Gasteiger partial charge in [0.25, 0.3) is 0 Å². The number of ether oxygens (including phenoxy) is 1. The third kappa shape index (κ3) is 6.39. The topological polar surface area (TPSA) is 66.8 Å². The standard InChI is InChI=1S/C29H46O4/c1-19(9-7-11-27(32)33-28(3,4)5)24-14-15-25-21(10-8-16-29(24,25)6)12-13-22-17-23(30)18-26(31)20(22)2/h12-13,19,23-26,30-31H,2,7-11,14-18H2,1,3-6H3/b21-12+,22-13-/t19-,23+,24-,25+,26+,29-/m1/s1/i6D3. The first-order valence-electron chi connectivity index (χ1n) is 14.3. The van der Waals surface area contributed by atoms with Crippen molar-refractivity contribution in [3.63, 3.8) is 0 Å². The maximum absolute atomic E-state index is 12.2. The number of hydrogen-bond acceptors (Lipinski definition) is 4. The minimum atomic E-state index is -2.06. The van der Waals surface area contributed by atoms with Crippen molar-refractivity contribution in [2.24, 2.45) is 23.2 Å². The summed E-state index contributed by atoms with van der Waals surface area (Å²) in [5, 5.41) is 20.3. The van der Waals surface area contributed by atoms with Gasteiger partial charge < -0.3 is 14.9 Å². The van der Waals surface area contributed by atoms with Gasteiger partial charge >= 0.3 is 5.97 Å². The number of hydrogen-bond donors (Lipinski definition) is 2. The van der Waals surface area contributed by atoms with Gasteiger partial charge in [0.2, 0.25) is 0 Å². The van der Waals surface area contributed by atoms with Gasteiger partial charge in [-0.15, -0.1) is 0 Å². The summed E-state index contributed by atoms with van der Waals surface area (Å²) < 4.78 is 31.4. The molecule has 4 nitrogen and oxygen atoms in total. The van der Waals surface area contributed by atoms with Crippen LogP contribution in [0.4, 0.5) is 0 Å². The number of carbonyl (C=O) groups excluding carboxylic acids is 1. The van der Waals surface area contributed by atoms with Crippen LogP contribution >= 0.6 is 0 Å². The zero-order valence-electron chi connectivity index (χ0n) is 24.0. The van der Waals surface area contributed by atoms with Crippen LogP contribution in [0.3, 0.4) is 0 Å². The lowest BCUT2D eigenvalue weighted by Gasteiger charge is -2.44. The minimum absolute atomic E-state index is 0.000564. The minimum Gasteiger partial charge on any atom is -0.460 e. The van der Waals surface area contributed by atoms with E-state index in [9.17, 15) is 15.0 Å². The van der Waals surface area contributed by atoms with Gasteiger partial charge in [0.15, 0.2) is 0 Å². The SMILES string of the molecule is [2H]C([2H])([2H])[C@]12CCC/C(=C\C=C3\C[C@H](O)C[C@H](O)C3=C)[C@@H]1CC[C@@H]2[C@H](C)CCCC(=O)OC(C)(C)C. The molecule has 0 spiro atoms. The van der Waals surface area contributed by atoms with Gasteiger partial charge in [-0.25, -0.2) is 0 Å². The van der Waals surface area contributed by atoms with Crippen LogP contribution in [0, 0.1) is 23.2 Å². The van der Waals surface area contributed by atoms with E-state index in [2.05, 4.69) is 19.6 Å². The number of esters is 1. The van der Waals surface area contributed by atoms with Crippen molar-refractivity contribution < 1.29 is 23.9 Å². The number of aliphatic hydroxyl groups excluding tert-OH is 2. The van der Waals surface area contributed by atoms with Crippen LogP contribution in [0.1, 0.15) is 103 Å². The second-order valence-electron chi connectivity index (χ2n) is 11.7. The van der Waals surface area contributed by atoms with Crippen molar-refractivity contribution in [3.05, 3.63) is 35.5 Å². The molecule has 0 unspecified atom stereocenters. The predicted octanol–water partition coefficient (Wildman–Crippen LogP) is 6.28. The number of allylic oxidation sites excluding steroid dienone is 3. The molecule has 3 aliphatic rings. The number of rotatable bonds is 6. The third-order valence-electron chi connectivity index (χ3n) is 7.96. The van der Waals surface area contributed by atoms with Gasteiger partial charge in [-0.2, -0.15) is 0 Å². The molecule has 0 aromatic carbocycles. The molecule has 186 valence electrons. The van der Waals surface area contributed by atoms with Crippen molar-refractivity contribution in [1.82, 2.24) is 0 Å². The molecule has 3 saturated carbocycles. The second-order valence-corrected chi connectivity index (χ2v) is 11.7.